The van der Waals surface area contributed by atoms with Gasteiger partial charge in [-0.05, 0) is 43.2 Å². The van der Waals surface area contributed by atoms with Crippen LogP contribution in [0.25, 0.3) is 0 Å². The van der Waals surface area contributed by atoms with E-state index in [-0.39, 0.29) is 17.0 Å². The molecule has 1 N–H and O–H groups in total. The summed E-state index contributed by atoms with van der Waals surface area (Å²) in [6.07, 6.45) is -1.26. The third-order valence-corrected chi connectivity index (χ3v) is 4.83. The Labute approximate surface area is 184 Å². The number of benzene rings is 3. The van der Waals surface area contributed by atoms with Crippen LogP contribution in [0.1, 0.15) is 33.2 Å². The molecule has 0 aliphatic heterocycles. The molecule has 0 aliphatic carbocycles. The Morgan fingerprint density at radius 1 is 1.00 bits per heavy atom. The van der Waals surface area contributed by atoms with Gasteiger partial charge in [-0.1, -0.05) is 42.5 Å². The van der Waals surface area contributed by atoms with Gasteiger partial charge in [0.05, 0.1) is 17.6 Å². The minimum absolute atomic E-state index is 0.0128. The minimum atomic E-state index is -1.26. The van der Waals surface area contributed by atoms with E-state index in [1.54, 1.807) is 30.3 Å². The van der Waals surface area contributed by atoms with Gasteiger partial charge in [-0.3, -0.25) is 14.9 Å². The fourth-order valence-corrected chi connectivity index (χ4v) is 3.10. The number of hydrogen-bond donors (Lipinski definition) is 1. The number of rotatable bonds is 7. The van der Waals surface area contributed by atoms with Crippen LogP contribution in [-0.2, 0) is 9.53 Å². The largest absolute Gasteiger partial charge is 0.490 e. The quantitative estimate of drug-likeness (QED) is 0.326. The molecule has 1 amide bonds. The topological polar surface area (TPSA) is 108 Å². The fourth-order valence-electron chi connectivity index (χ4n) is 3.10. The van der Waals surface area contributed by atoms with Crippen LogP contribution in [0.5, 0.6) is 5.75 Å². The summed E-state index contributed by atoms with van der Waals surface area (Å²) in [5.41, 5.74) is 2.44. The Balaban J connectivity index is 1.91. The number of esters is 1. The third-order valence-electron chi connectivity index (χ3n) is 4.83. The lowest BCUT2D eigenvalue weighted by atomic mass is 10.1. The van der Waals surface area contributed by atoms with Crippen molar-refractivity contribution in [2.24, 2.45) is 0 Å². The number of carbonyl (C=O) groups excluding carboxylic acids is 2. The molecule has 0 saturated heterocycles. The van der Waals surface area contributed by atoms with Gasteiger partial charge in [0.25, 0.3) is 5.91 Å². The van der Waals surface area contributed by atoms with Crippen molar-refractivity contribution in [2.45, 2.75) is 20.0 Å². The molecule has 0 fully saturated rings. The van der Waals surface area contributed by atoms with E-state index in [4.69, 9.17) is 9.47 Å². The number of nitro groups is 1. The molecule has 0 saturated carbocycles. The van der Waals surface area contributed by atoms with Crippen LogP contribution in [0.2, 0.25) is 0 Å². The van der Waals surface area contributed by atoms with E-state index in [1.807, 2.05) is 32.0 Å². The van der Waals surface area contributed by atoms with Gasteiger partial charge < -0.3 is 14.8 Å². The Morgan fingerprint density at radius 2 is 1.72 bits per heavy atom. The second-order valence-electron chi connectivity index (χ2n) is 7.15. The van der Waals surface area contributed by atoms with Gasteiger partial charge in [-0.2, -0.15) is 0 Å². The van der Waals surface area contributed by atoms with E-state index in [9.17, 15) is 19.7 Å². The smallest absolute Gasteiger partial charge is 0.339 e. The van der Waals surface area contributed by atoms with Crippen LogP contribution in [0.3, 0.4) is 0 Å². The van der Waals surface area contributed by atoms with E-state index >= 15 is 0 Å². The SMILES string of the molecule is COc1ccc(C(=O)OC(C(=O)Nc2cc(C)ccc2C)c2ccccc2)cc1[N+](=O)[O-]. The molecule has 8 nitrogen and oxygen atoms in total. The van der Waals surface area contributed by atoms with Gasteiger partial charge in [-0.25, -0.2) is 4.79 Å². The molecule has 1 unspecified atom stereocenters. The minimum Gasteiger partial charge on any atom is -0.490 e. The summed E-state index contributed by atoms with van der Waals surface area (Å²) < 4.78 is 10.5. The number of carbonyl (C=O) groups is 2. The van der Waals surface area contributed by atoms with Crippen molar-refractivity contribution in [3.63, 3.8) is 0 Å². The highest BCUT2D eigenvalue weighted by Gasteiger charge is 2.27. The normalized spacial score (nSPS) is 11.3. The Hall–Kier alpha value is -4.20. The summed E-state index contributed by atoms with van der Waals surface area (Å²) in [6, 6.07) is 17.9. The molecule has 32 heavy (non-hydrogen) atoms. The predicted molar refractivity (Wildman–Crippen MR) is 119 cm³/mol. The monoisotopic (exact) mass is 434 g/mol. The molecule has 3 aromatic rings. The third kappa shape index (κ3) is 5.10. The van der Waals surface area contributed by atoms with Crippen LogP contribution in [0, 0.1) is 24.0 Å². The van der Waals surface area contributed by atoms with Gasteiger partial charge in [-0.15, -0.1) is 0 Å². The van der Waals surface area contributed by atoms with Crippen molar-refractivity contribution in [1.29, 1.82) is 0 Å². The average Bonchev–Trinajstić information content (AvgIpc) is 2.79. The summed E-state index contributed by atoms with van der Waals surface area (Å²) in [5, 5.41) is 14.1. The molecule has 0 aromatic heterocycles. The summed E-state index contributed by atoms with van der Waals surface area (Å²) in [7, 11) is 1.30. The lowest BCUT2D eigenvalue weighted by Crippen LogP contribution is -2.26. The first-order valence-electron chi connectivity index (χ1n) is 9.76. The van der Waals surface area contributed by atoms with E-state index in [0.717, 1.165) is 17.2 Å². The second-order valence-corrected chi connectivity index (χ2v) is 7.15. The maximum Gasteiger partial charge on any atom is 0.339 e. The Morgan fingerprint density at radius 3 is 2.38 bits per heavy atom. The maximum absolute atomic E-state index is 13.1. The molecule has 8 heteroatoms. The zero-order valence-corrected chi connectivity index (χ0v) is 17.8. The van der Waals surface area contributed by atoms with Crippen molar-refractivity contribution in [1.82, 2.24) is 0 Å². The molecule has 3 aromatic carbocycles. The molecular formula is C24H22N2O6. The molecule has 1 atom stereocenters. The summed E-state index contributed by atoms with van der Waals surface area (Å²) in [6.45, 7) is 3.76. The molecule has 0 heterocycles. The van der Waals surface area contributed by atoms with E-state index in [0.29, 0.717) is 11.3 Å². The van der Waals surface area contributed by atoms with Crippen molar-refractivity contribution in [3.8, 4) is 5.75 Å². The number of aryl methyl sites for hydroxylation is 2. The molecule has 3 rings (SSSR count). The van der Waals surface area contributed by atoms with E-state index in [1.165, 1.54) is 19.2 Å². The summed E-state index contributed by atoms with van der Waals surface area (Å²) in [5.74, 6) is -1.40. The van der Waals surface area contributed by atoms with Gasteiger partial charge >= 0.3 is 11.7 Å². The molecule has 164 valence electrons. The van der Waals surface area contributed by atoms with Gasteiger partial charge in [0.15, 0.2) is 5.75 Å². The number of hydrogen-bond acceptors (Lipinski definition) is 6. The Bertz CT molecular complexity index is 1160. The highest BCUT2D eigenvalue weighted by molar-refractivity contribution is 5.98. The number of ether oxygens (including phenoxy) is 2. The van der Waals surface area contributed by atoms with Crippen LogP contribution < -0.4 is 10.1 Å². The van der Waals surface area contributed by atoms with Crippen molar-refractivity contribution < 1.29 is 24.0 Å². The molecule has 0 radical (unpaired) electrons. The van der Waals surface area contributed by atoms with Crippen LogP contribution >= 0.6 is 0 Å². The molecule has 0 aliphatic rings. The summed E-state index contributed by atoms with van der Waals surface area (Å²) in [4.78, 5) is 36.5. The lowest BCUT2D eigenvalue weighted by molar-refractivity contribution is -0.385. The van der Waals surface area contributed by atoms with Crippen molar-refractivity contribution >= 4 is 23.3 Å². The predicted octanol–water partition coefficient (Wildman–Crippen LogP) is 4.76. The fraction of sp³-hybridized carbons (Fsp3) is 0.167. The number of nitro benzene ring substituents is 1. The Kier molecular flexibility index (Phi) is 6.84. The molecule has 0 bridgehead atoms. The lowest BCUT2D eigenvalue weighted by Gasteiger charge is -2.19. The molecular weight excluding hydrogens is 412 g/mol. The number of amides is 1. The van der Waals surface area contributed by atoms with Crippen LogP contribution in [0.4, 0.5) is 11.4 Å². The first-order chi connectivity index (χ1) is 15.3. The first-order valence-corrected chi connectivity index (χ1v) is 9.76. The first kappa shape index (κ1) is 22.5. The number of nitrogens with zero attached hydrogens (tertiary/aromatic N) is 1. The van der Waals surface area contributed by atoms with Gasteiger partial charge in [0.1, 0.15) is 0 Å². The standard InChI is InChI=1S/C24H22N2O6/c1-15-9-10-16(2)19(13-15)25-23(27)22(17-7-5-4-6-8-17)32-24(28)18-11-12-21(31-3)20(14-18)26(29)30/h4-14,22H,1-3H3,(H,25,27). The van der Waals surface area contributed by atoms with E-state index < -0.39 is 22.9 Å². The number of methoxy groups -OCH3 is 1. The van der Waals surface area contributed by atoms with Crippen molar-refractivity contribution in [2.75, 3.05) is 12.4 Å². The zero-order valence-electron chi connectivity index (χ0n) is 17.8. The average molecular weight is 434 g/mol. The van der Waals surface area contributed by atoms with Crippen molar-refractivity contribution in [3.05, 3.63) is 99.1 Å². The zero-order chi connectivity index (χ0) is 23.3. The number of nitrogens with one attached hydrogen (secondary N) is 1. The van der Waals surface area contributed by atoms with Crippen LogP contribution in [0.15, 0.2) is 66.7 Å². The van der Waals surface area contributed by atoms with Crippen LogP contribution in [-0.4, -0.2) is 23.9 Å². The maximum atomic E-state index is 13.1. The van der Waals surface area contributed by atoms with E-state index in [2.05, 4.69) is 5.32 Å². The van der Waals surface area contributed by atoms with Gasteiger partial charge in [0, 0.05) is 17.3 Å². The highest BCUT2D eigenvalue weighted by atomic mass is 16.6. The summed E-state index contributed by atoms with van der Waals surface area (Å²) >= 11 is 0. The highest BCUT2D eigenvalue weighted by Crippen LogP contribution is 2.29. The molecule has 0 spiro atoms. The number of anilines is 1. The second kappa shape index (κ2) is 9.74. The van der Waals surface area contributed by atoms with Gasteiger partial charge in [0.2, 0.25) is 6.10 Å².